The van der Waals surface area contributed by atoms with Crippen LogP contribution < -0.4 is 5.32 Å². The van der Waals surface area contributed by atoms with Crippen LogP contribution in [0.2, 0.25) is 0 Å². The number of carbonyl (C=O) groups is 1. The summed E-state index contributed by atoms with van der Waals surface area (Å²) in [5, 5.41) is 26.6. The first-order valence-electron chi connectivity index (χ1n) is 8.77. The van der Waals surface area contributed by atoms with Crippen LogP contribution in [-0.2, 0) is 13.2 Å². The summed E-state index contributed by atoms with van der Waals surface area (Å²) in [4.78, 5) is 17.3. The summed E-state index contributed by atoms with van der Waals surface area (Å²) in [5.74, 6) is -0.195. The monoisotopic (exact) mass is 439 g/mol. The van der Waals surface area contributed by atoms with Gasteiger partial charge in [-0.3, -0.25) is 14.0 Å². The van der Waals surface area contributed by atoms with Crippen LogP contribution in [0.25, 0.3) is 27.1 Å². The van der Waals surface area contributed by atoms with Gasteiger partial charge in [0.25, 0.3) is 5.91 Å². The van der Waals surface area contributed by atoms with Gasteiger partial charge < -0.3 is 15.5 Å². The summed E-state index contributed by atoms with van der Waals surface area (Å²) < 4.78 is 41.8. The molecule has 0 bridgehead atoms. The molecule has 0 fully saturated rings. The fourth-order valence-electron chi connectivity index (χ4n) is 3.04. The number of pyridine rings is 1. The molecule has 0 saturated carbocycles. The van der Waals surface area contributed by atoms with Gasteiger partial charge in [-0.25, -0.2) is 4.98 Å². The Labute approximate surface area is 171 Å². The van der Waals surface area contributed by atoms with Crippen LogP contribution in [0.4, 0.5) is 13.2 Å². The number of hydrogen-bond acceptors (Lipinski definition) is 6. The van der Waals surface area contributed by atoms with Gasteiger partial charge in [0.1, 0.15) is 10.6 Å². The van der Waals surface area contributed by atoms with Crippen LogP contribution in [0.5, 0.6) is 0 Å². The van der Waals surface area contributed by atoms with Crippen molar-refractivity contribution in [1.82, 2.24) is 24.6 Å². The number of amides is 1. The number of carbonyl (C=O) groups excluding carboxylic acids is 1. The number of halogens is 3. The largest absolute Gasteiger partial charge is 0.417 e. The fourth-order valence-corrected chi connectivity index (χ4v) is 4.14. The predicted molar refractivity (Wildman–Crippen MR) is 104 cm³/mol. The van der Waals surface area contributed by atoms with Gasteiger partial charge in [-0.2, -0.15) is 18.3 Å². The summed E-state index contributed by atoms with van der Waals surface area (Å²) in [6, 6.07) is 3.86. The minimum atomic E-state index is -4.49. The van der Waals surface area contributed by atoms with E-state index in [1.165, 1.54) is 6.07 Å². The van der Waals surface area contributed by atoms with Crippen LogP contribution in [-0.4, -0.2) is 54.7 Å². The van der Waals surface area contributed by atoms with E-state index in [9.17, 15) is 23.1 Å². The van der Waals surface area contributed by atoms with Crippen molar-refractivity contribution in [2.75, 3.05) is 13.2 Å². The summed E-state index contributed by atoms with van der Waals surface area (Å²) >= 11 is 1.13. The van der Waals surface area contributed by atoms with E-state index in [1.54, 1.807) is 28.6 Å². The number of aliphatic hydroxyl groups is 2. The molecule has 4 rings (SSSR count). The molecule has 1 amide bonds. The number of hydrogen-bond donors (Lipinski definition) is 3. The zero-order chi connectivity index (χ0) is 21.6. The van der Waals surface area contributed by atoms with Crippen molar-refractivity contribution in [2.24, 2.45) is 7.05 Å². The molecule has 0 saturated heterocycles. The van der Waals surface area contributed by atoms with E-state index in [-0.39, 0.29) is 12.4 Å². The average Bonchev–Trinajstić information content (AvgIpc) is 3.35. The molecular formula is C18H16F3N5O3S. The molecule has 1 unspecified atom stereocenters. The molecule has 0 aliphatic carbocycles. The Morgan fingerprint density at radius 1 is 1.33 bits per heavy atom. The van der Waals surface area contributed by atoms with Gasteiger partial charge in [0.15, 0.2) is 5.65 Å². The zero-order valence-corrected chi connectivity index (χ0v) is 16.3. The van der Waals surface area contributed by atoms with Gasteiger partial charge >= 0.3 is 6.18 Å². The molecular weight excluding hydrogens is 423 g/mol. The molecule has 158 valence electrons. The Balaban J connectivity index is 1.79. The van der Waals surface area contributed by atoms with Gasteiger partial charge in [-0.15, -0.1) is 11.3 Å². The second kappa shape index (κ2) is 7.38. The lowest BCUT2D eigenvalue weighted by Gasteiger charge is -2.08. The standard InChI is InChI=1S/C18H16F3N5O3S/c1-25-7-12-11-4-13(16(29)23-6-10(28)8-27)30-17(11)26(15(12)24-25)14-3-2-9(5-22-14)18(19,20)21/h2-5,7,10,27-28H,6,8H2,1H3,(H,23,29). The number of aliphatic hydroxyl groups excluding tert-OH is 2. The van der Waals surface area contributed by atoms with Crippen LogP contribution in [0, 0.1) is 0 Å². The molecule has 4 aromatic rings. The number of fused-ring (bicyclic) bond motifs is 3. The second-order valence-electron chi connectivity index (χ2n) is 6.65. The molecule has 0 radical (unpaired) electrons. The van der Waals surface area contributed by atoms with Gasteiger partial charge in [0, 0.05) is 36.8 Å². The maximum absolute atomic E-state index is 12.9. The van der Waals surface area contributed by atoms with Gasteiger partial charge in [-0.05, 0) is 18.2 Å². The molecule has 8 nitrogen and oxygen atoms in total. The summed E-state index contributed by atoms with van der Waals surface area (Å²) in [5.41, 5.74) is -0.353. The first-order valence-corrected chi connectivity index (χ1v) is 9.59. The lowest BCUT2D eigenvalue weighted by molar-refractivity contribution is -0.137. The minimum Gasteiger partial charge on any atom is -0.394 e. The number of nitrogens with one attached hydrogen (secondary N) is 1. The third kappa shape index (κ3) is 3.53. The molecule has 12 heteroatoms. The molecule has 30 heavy (non-hydrogen) atoms. The van der Waals surface area contributed by atoms with Crippen molar-refractivity contribution in [3.63, 3.8) is 0 Å². The summed E-state index contributed by atoms with van der Waals surface area (Å²) in [6.45, 7) is -0.589. The Morgan fingerprint density at radius 3 is 2.73 bits per heavy atom. The number of thiophene rings is 1. The first kappa shape index (κ1) is 20.3. The number of nitrogens with zero attached hydrogens (tertiary/aromatic N) is 4. The van der Waals surface area contributed by atoms with Crippen molar-refractivity contribution in [2.45, 2.75) is 12.3 Å². The van der Waals surface area contributed by atoms with E-state index in [1.807, 2.05) is 0 Å². The highest BCUT2D eigenvalue weighted by atomic mass is 32.1. The second-order valence-corrected chi connectivity index (χ2v) is 7.68. The smallest absolute Gasteiger partial charge is 0.394 e. The van der Waals surface area contributed by atoms with Crippen molar-refractivity contribution in [3.8, 4) is 5.82 Å². The summed E-state index contributed by atoms with van der Waals surface area (Å²) in [6.07, 6.45) is -3.06. The lowest BCUT2D eigenvalue weighted by atomic mass is 10.3. The third-order valence-electron chi connectivity index (χ3n) is 4.46. The normalized spacial score (nSPS) is 13.3. The van der Waals surface area contributed by atoms with E-state index in [0.717, 1.165) is 29.0 Å². The molecule has 3 N–H and O–H groups in total. The van der Waals surface area contributed by atoms with Gasteiger partial charge in [0.05, 0.1) is 23.2 Å². The quantitative estimate of drug-likeness (QED) is 0.442. The van der Waals surface area contributed by atoms with Gasteiger partial charge in [0.2, 0.25) is 0 Å². The first-order chi connectivity index (χ1) is 14.2. The zero-order valence-electron chi connectivity index (χ0n) is 15.5. The number of aromatic nitrogens is 4. The number of alkyl halides is 3. The number of rotatable bonds is 5. The van der Waals surface area contributed by atoms with Crippen molar-refractivity contribution < 1.29 is 28.2 Å². The van der Waals surface area contributed by atoms with E-state index in [4.69, 9.17) is 5.11 Å². The van der Waals surface area contributed by atoms with Crippen LogP contribution in [0.1, 0.15) is 15.2 Å². The molecule has 0 aromatic carbocycles. The Bertz CT molecular complexity index is 1230. The third-order valence-corrected chi connectivity index (χ3v) is 5.58. The molecule has 1 atom stereocenters. The molecule has 4 heterocycles. The van der Waals surface area contributed by atoms with E-state index < -0.39 is 30.4 Å². The van der Waals surface area contributed by atoms with Crippen molar-refractivity contribution in [1.29, 1.82) is 0 Å². The summed E-state index contributed by atoms with van der Waals surface area (Å²) in [7, 11) is 1.71. The lowest BCUT2D eigenvalue weighted by Crippen LogP contribution is -2.33. The van der Waals surface area contributed by atoms with Crippen LogP contribution in [0.15, 0.2) is 30.6 Å². The predicted octanol–water partition coefficient (Wildman–Crippen LogP) is 2.08. The Morgan fingerprint density at radius 2 is 2.10 bits per heavy atom. The SMILES string of the molecule is Cn1cc2c3cc(C(=O)NCC(O)CO)sc3n(-c3ccc(C(F)(F)F)cn3)c2n1. The van der Waals surface area contributed by atoms with Crippen LogP contribution >= 0.6 is 11.3 Å². The maximum Gasteiger partial charge on any atom is 0.417 e. The van der Waals surface area contributed by atoms with E-state index >= 15 is 0 Å². The van der Waals surface area contributed by atoms with Crippen molar-refractivity contribution >= 4 is 38.5 Å². The fraction of sp³-hybridized carbons (Fsp3) is 0.278. The molecule has 0 aliphatic heterocycles. The Hall–Kier alpha value is -2.96. The minimum absolute atomic E-state index is 0.111. The highest BCUT2D eigenvalue weighted by molar-refractivity contribution is 7.20. The highest BCUT2D eigenvalue weighted by Crippen LogP contribution is 2.37. The average molecular weight is 439 g/mol. The number of aryl methyl sites for hydroxylation is 1. The van der Waals surface area contributed by atoms with E-state index in [2.05, 4.69) is 15.4 Å². The van der Waals surface area contributed by atoms with Crippen molar-refractivity contribution in [3.05, 3.63) is 41.0 Å². The van der Waals surface area contributed by atoms with Gasteiger partial charge in [-0.1, -0.05) is 0 Å². The maximum atomic E-state index is 12.9. The topological polar surface area (TPSA) is 105 Å². The molecule has 0 spiro atoms. The molecule has 4 aromatic heterocycles. The Kier molecular flexibility index (Phi) is 5.00. The van der Waals surface area contributed by atoms with E-state index in [0.29, 0.717) is 20.7 Å². The molecule has 0 aliphatic rings. The highest BCUT2D eigenvalue weighted by Gasteiger charge is 2.31. The van der Waals surface area contributed by atoms with Crippen LogP contribution in [0.3, 0.4) is 0 Å².